The van der Waals surface area contributed by atoms with Gasteiger partial charge in [0.25, 0.3) is 0 Å². The molecule has 96 valence electrons. The number of aliphatic hydroxyl groups is 1. The molecule has 6 heteroatoms. The fourth-order valence-corrected chi connectivity index (χ4v) is 1.92. The van der Waals surface area contributed by atoms with Crippen LogP contribution in [0.1, 0.15) is 0 Å². The monoisotopic (exact) mass is 236 g/mol. The Hall–Kier alpha value is -0.240. The third-order valence-corrected chi connectivity index (χ3v) is 2.72. The van der Waals surface area contributed by atoms with E-state index in [2.05, 4.69) is 0 Å². The largest absolute Gasteiger partial charge is 0.387 e. The molecule has 0 saturated carbocycles. The molecule has 0 aromatic carbocycles. The van der Waals surface area contributed by atoms with Crippen molar-refractivity contribution >= 4 is 0 Å². The summed E-state index contributed by atoms with van der Waals surface area (Å²) >= 11 is 0. The van der Waals surface area contributed by atoms with Crippen LogP contribution in [0.5, 0.6) is 0 Å². The average Bonchev–Trinajstić information content (AvgIpc) is 2.29. The highest BCUT2D eigenvalue weighted by atomic mass is 16.7. The minimum absolute atomic E-state index is 0.325. The smallest absolute Gasteiger partial charge is 0.186 e. The van der Waals surface area contributed by atoms with Crippen LogP contribution in [-0.2, 0) is 23.7 Å². The maximum absolute atomic E-state index is 10.1. The minimum Gasteiger partial charge on any atom is -0.387 e. The van der Waals surface area contributed by atoms with Crippen LogP contribution in [0, 0.1) is 0 Å². The predicted molar refractivity (Wildman–Crippen MR) is 55.1 cm³/mol. The van der Waals surface area contributed by atoms with E-state index in [9.17, 15) is 5.11 Å². The lowest BCUT2D eigenvalue weighted by Crippen LogP contribution is -2.60. The first-order valence-corrected chi connectivity index (χ1v) is 5.10. The van der Waals surface area contributed by atoms with E-state index in [0.717, 1.165) is 0 Å². The zero-order chi connectivity index (χ0) is 12.1. The number of hydrogen-bond acceptors (Lipinski definition) is 6. The highest BCUT2D eigenvalue weighted by Crippen LogP contribution is 2.25. The molecule has 1 N–H and O–H groups in total. The van der Waals surface area contributed by atoms with E-state index in [1.54, 1.807) is 7.11 Å². The number of methoxy groups -OCH3 is 4. The van der Waals surface area contributed by atoms with E-state index in [-0.39, 0.29) is 6.10 Å². The van der Waals surface area contributed by atoms with Crippen LogP contribution in [0.2, 0.25) is 0 Å². The van der Waals surface area contributed by atoms with Crippen molar-refractivity contribution in [1.82, 2.24) is 0 Å². The number of rotatable bonds is 5. The van der Waals surface area contributed by atoms with E-state index < -0.39 is 24.6 Å². The zero-order valence-electron chi connectivity index (χ0n) is 10.1. The number of ether oxygens (including phenoxy) is 5. The molecule has 0 radical (unpaired) electrons. The van der Waals surface area contributed by atoms with Crippen molar-refractivity contribution in [3.63, 3.8) is 0 Å². The topological polar surface area (TPSA) is 66.4 Å². The van der Waals surface area contributed by atoms with Crippen molar-refractivity contribution in [1.29, 1.82) is 0 Å². The standard InChI is InChI=1S/C10H20O6/c1-12-5-6-8(13-2)7(11)9(14-3)10(15-4)16-6/h6-11H,5H2,1-4H3/t6?,7?,8-,9?,10-/m0/s1. The van der Waals surface area contributed by atoms with Gasteiger partial charge in [0.1, 0.15) is 24.4 Å². The molecule has 3 unspecified atom stereocenters. The lowest BCUT2D eigenvalue weighted by Gasteiger charge is -2.42. The van der Waals surface area contributed by atoms with Gasteiger partial charge in [-0.05, 0) is 0 Å². The molecule has 1 fully saturated rings. The summed E-state index contributed by atoms with van der Waals surface area (Å²) < 4.78 is 26.1. The van der Waals surface area contributed by atoms with Gasteiger partial charge >= 0.3 is 0 Å². The molecule has 5 atom stereocenters. The van der Waals surface area contributed by atoms with Gasteiger partial charge in [-0.15, -0.1) is 0 Å². The molecule has 6 nitrogen and oxygen atoms in total. The van der Waals surface area contributed by atoms with E-state index in [1.807, 2.05) is 0 Å². The quantitative estimate of drug-likeness (QED) is 0.687. The van der Waals surface area contributed by atoms with Crippen LogP contribution in [0.25, 0.3) is 0 Å². The summed E-state index contributed by atoms with van der Waals surface area (Å²) in [5.41, 5.74) is 0. The van der Waals surface area contributed by atoms with Crippen LogP contribution in [0.15, 0.2) is 0 Å². The van der Waals surface area contributed by atoms with Gasteiger partial charge in [-0.1, -0.05) is 0 Å². The first kappa shape index (κ1) is 13.8. The van der Waals surface area contributed by atoms with E-state index in [1.165, 1.54) is 21.3 Å². The molecule has 1 aliphatic rings. The van der Waals surface area contributed by atoms with Crippen LogP contribution in [-0.4, -0.2) is 70.9 Å². The fourth-order valence-electron chi connectivity index (χ4n) is 1.92. The van der Waals surface area contributed by atoms with Crippen molar-refractivity contribution in [2.75, 3.05) is 35.0 Å². The van der Waals surface area contributed by atoms with Gasteiger partial charge in [0, 0.05) is 28.4 Å². The second-order valence-corrected chi connectivity index (χ2v) is 3.63. The van der Waals surface area contributed by atoms with E-state index in [0.29, 0.717) is 6.61 Å². The molecular formula is C10H20O6. The van der Waals surface area contributed by atoms with Crippen molar-refractivity contribution in [3.8, 4) is 0 Å². The lowest BCUT2D eigenvalue weighted by atomic mass is 9.99. The summed E-state index contributed by atoms with van der Waals surface area (Å²) in [4.78, 5) is 0. The van der Waals surface area contributed by atoms with Crippen molar-refractivity contribution in [2.24, 2.45) is 0 Å². The van der Waals surface area contributed by atoms with Crippen molar-refractivity contribution in [3.05, 3.63) is 0 Å². The zero-order valence-corrected chi connectivity index (χ0v) is 10.1. The molecule has 0 spiro atoms. The molecule has 1 rings (SSSR count). The molecule has 1 saturated heterocycles. The second-order valence-electron chi connectivity index (χ2n) is 3.63. The van der Waals surface area contributed by atoms with Gasteiger partial charge in [0.05, 0.1) is 6.61 Å². The predicted octanol–water partition coefficient (Wildman–Crippen LogP) is -0.605. The van der Waals surface area contributed by atoms with Crippen molar-refractivity contribution in [2.45, 2.75) is 30.7 Å². The fraction of sp³-hybridized carbons (Fsp3) is 1.00. The number of aliphatic hydroxyl groups excluding tert-OH is 1. The number of hydrogen-bond donors (Lipinski definition) is 1. The molecule has 1 heterocycles. The molecule has 0 bridgehead atoms. The summed E-state index contributed by atoms with van der Waals surface area (Å²) in [6.07, 6.45) is -2.86. The Morgan fingerprint density at radius 2 is 1.62 bits per heavy atom. The third-order valence-electron chi connectivity index (χ3n) is 2.72. The molecule has 0 aromatic rings. The van der Waals surface area contributed by atoms with E-state index >= 15 is 0 Å². The Balaban J connectivity index is 2.75. The summed E-state index contributed by atoms with van der Waals surface area (Å²) in [7, 11) is 6.07. The van der Waals surface area contributed by atoms with E-state index in [4.69, 9.17) is 23.7 Å². The van der Waals surface area contributed by atoms with Crippen LogP contribution in [0.4, 0.5) is 0 Å². The highest BCUT2D eigenvalue weighted by molar-refractivity contribution is 4.90. The van der Waals surface area contributed by atoms with Crippen molar-refractivity contribution < 1.29 is 28.8 Å². The second kappa shape index (κ2) is 6.48. The normalized spacial score (nSPS) is 39.9. The summed E-state index contributed by atoms with van der Waals surface area (Å²) in [6.45, 7) is 0.325. The maximum Gasteiger partial charge on any atom is 0.186 e. The molecule has 0 aromatic heterocycles. The van der Waals surface area contributed by atoms with Gasteiger partial charge in [-0.3, -0.25) is 0 Å². The van der Waals surface area contributed by atoms with Gasteiger partial charge in [0.15, 0.2) is 6.29 Å². The summed E-state index contributed by atoms with van der Waals surface area (Å²) in [5, 5.41) is 10.1. The Morgan fingerprint density at radius 3 is 2.06 bits per heavy atom. The Kier molecular flexibility index (Phi) is 5.60. The van der Waals surface area contributed by atoms with Gasteiger partial charge in [-0.25, -0.2) is 0 Å². The summed E-state index contributed by atoms with van der Waals surface area (Å²) in [6, 6.07) is 0. The molecule has 0 amide bonds. The first-order chi connectivity index (χ1) is 7.69. The Labute approximate surface area is 95.4 Å². The molecule has 1 aliphatic heterocycles. The van der Waals surface area contributed by atoms with Crippen LogP contribution in [0.3, 0.4) is 0 Å². The minimum atomic E-state index is -0.811. The highest BCUT2D eigenvalue weighted by Gasteiger charge is 2.46. The summed E-state index contributed by atoms with van der Waals surface area (Å²) in [5.74, 6) is 0. The van der Waals surface area contributed by atoms with Crippen LogP contribution < -0.4 is 0 Å². The van der Waals surface area contributed by atoms with Gasteiger partial charge < -0.3 is 28.8 Å². The lowest BCUT2D eigenvalue weighted by molar-refractivity contribution is -0.303. The van der Waals surface area contributed by atoms with Crippen LogP contribution >= 0.6 is 0 Å². The Bertz CT molecular complexity index is 198. The third kappa shape index (κ3) is 2.71. The molecule has 16 heavy (non-hydrogen) atoms. The van der Waals surface area contributed by atoms with Gasteiger partial charge in [-0.2, -0.15) is 0 Å². The molecular weight excluding hydrogens is 216 g/mol. The van der Waals surface area contributed by atoms with Gasteiger partial charge in [0.2, 0.25) is 0 Å². The maximum atomic E-state index is 10.1. The molecule has 0 aliphatic carbocycles. The average molecular weight is 236 g/mol. The first-order valence-electron chi connectivity index (χ1n) is 5.10. The SMILES string of the molecule is COCC1O[C@H](OC)C(OC)C(O)[C@H]1OC. The Morgan fingerprint density at radius 1 is 1.00 bits per heavy atom.